The van der Waals surface area contributed by atoms with Gasteiger partial charge >= 0.3 is 0 Å². The lowest BCUT2D eigenvalue weighted by Gasteiger charge is -2.37. The van der Waals surface area contributed by atoms with Crippen LogP contribution in [0, 0.1) is 11.8 Å². The Balaban J connectivity index is 2.03. The van der Waals surface area contributed by atoms with Crippen molar-refractivity contribution in [3.63, 3.8) is 0 Å². The highest BCUT2D eigenvalue weighted by molar-refractivity contribution is 7.89. The molecular weight excluding hydrogens is 324 g/mol. The fraction of sp³-hybridized carbons (Fsp3) is 0.611. The maximum Gasteiger partial charge on any atom is 0.243 e. The molecule has 1 amide bonds. The van der Waals surface area contributed by atoms with Gasteiger partial charge in [0.05, 0.1) is 4.90 Å². The first kappa shape index (κ1) is 18.9. The summed E-state index contributed by atoms with van der Waals surface area (Å²) < 4.78 is 27.1. The van der Waals surface area contributed by atoms with Crippen molar-refractivity contribution in [2.24, 2.45) is 11.8 Å². The van der Waals surface area contributed by atoms with E-state index in [1.54, 1.807) is 28.6 Å². The van der Waals surface area contributed by atoms with Gasteiger partial charge in [-0.1, -0.05) is 38.5 Å². The predicted molar refractivity (Wildman–Crippen MR) is 95.0 cm³/mol. The van der Waals surface area contributed by atoms with Crippen LogP contribution < -0.4 is 5.32 Å². The number of carbonyl (C=O) groups excluding carboxylic acids is 1. The van der Waals surface area contributed by atoms with E-state index < -0.39 is 10.0 Å². The topological polar surface area (TPSA) is 66.5 Å². The summed E-state index contributed by atoms with van der Waals surface area (Å²) in [5.41, 5.74) is 0. The Morgan fingerprint density at radius 3 is 2.54 bits per heavy atom. The highest BCUT2D eigenvalue weighted by atomic mass is 32.2. The molecule has 1 N–H and O–H groups in total. The van der Waals surface area contributed by atoms with Crippen LogP contribution in [0.3, 0.4) is 0 Å². The summed E-state index contributed by atoms with van der Waals surface area (Å²) in [5, 5.41) is 2.92. The van der Waals surface area contributed by atoms with Gasteiger partial charge in [-0.3, -0.25) is 4.79 Å². The standard InChI is InChI=1S/C18H28N2O3S/c1-3-11-19-18(21)13-16-10-12-20(14-15(16)4-2)24(22,23)17-8-6-5-7-9-17/h5-9,15-16H,3-4,10-14H2,1-2H3,(H,19,21). The number of nitrogens with one attached hydrogen (secondary N) is 1. The van der Waals surface area contributed by atoms with Crippen LogP contribution in [-0.4, -0.2) is 38.3 Å². The van der Waals surface area contributed by atoms with Crippen molar-refractivity contribution >= 4 is 15.9 Å². The van der Waals surface area contributed by atoms with E-state index in [1.807, 2.05) is 13.0 Å². The van der Waals surface area contributed by atoms with Crippen LogP contribution in [0.4, 0.5) is 0 Å². The molecule has 1 aliphatic heterocycles. The fourth-order valence-electron chi connectivity index (χ4n) is 3.31. The monoisotopic (exact) mass is 352 g/mol. The first-order valence-electron chi connectivity index (χ1n) is 8.80. The van der Waals surface area contributed by atoms with Crippen molar-refractivity contribution in [1.29, 1.82) is 0 Å². The van der Waals surface area contributed by atoms with Crippen LogP contribution in [0.1, 0.15) is 39.5 Å². The molecule has 1 aromatic rings. The van der Waals surface area contributed by atoms with E-state index in [0.717, 1.165) is 19.3 Å². The summed E-state index contributed by atoms with van der Waals surface area (Å²) >= 11 is 0. The molecule has 1 aromatic carbocycles. The number of nitrogens with zero attached hydrogens (tertiary/aromatic N) is 1. The van der Waals surface area contributed by atoms with Gasteiger partial charge in [0.1, 0.15) is 0 Å². The molecule has 134 valence electrons. The third-order valence-corrected chi connectivity index (χ3v) is 6.66. The minimum Gasteiger partial charge on any atom is -0.356 e. The van der Waals surface area contributed by atoms with Gasteiger partial charge in [-0.25, -0.2) is 8.42 Å². The maximum absolute atomic E-state index is 12.8. The molecule has 0 bridgehead atoms. The van der Waals surface area contributed by atoms with Crippen molar-refractivity contribution in [2.45, 2.75) is 44.4 Å². The summed E-state index contributed by atoms with van der Waals surface area (Å²) in [6.07, 6.45) is 3.05. The Hall–Kier alpha value is -1.40. The molecule has 0 radical (unpaired) electrons. The van der Waals surface area contributed by atoms with Gasteiger partial charge < -0.3 is 5.32 Å². The van der Waals surface area contributed by atoms with E-state index in [4.69, 9.17) is 0 Å². The van der Waals surface area contributed by atoms with Crippen LogP contribution in [0.25, 0.3) is 0 Å². The fourth-order valence-corrected chi connectivity index (χ4v) is 4.85. The number of benzene rings is 1. The van der Waals surface area contributed by atoms with Crippen molar-refractivity contribution in [3.05, 3.63) is 30.3 Å². The largest absolute Gasteiger partial charge is 0.356 e. The first-order valence-corrected chi connectivity index (χ1v) is 10.2. The lowest BCUT2D eigenvalue weighted by molar-refractivity contribution is -0.122. The zero-order chi connectivity index (χ0) is 17.6. The van der Waals surface area contributed by atoms with Crippen LogP contribution in [0.15, 0.2) is 35.2 Å². The molecule has 24 heavy (non-hydrogen) atoms. The third kappa shape index (κ3) is 4.57. The van der Waals surface area contributed by atoms with Gasteiger partial charge in [-0.05, 0) is 36.8 Å². The Bertz CT molecular complexity index is 631. The number of carbonyl (C=O) groups is 1. The molecule has 0 spiro atoms. The summed E-state index contributed by atoms with van der Waals surface area (Å²) in [5.74, 6) is 0.568. The van der Waals surface area contributed by atoms with Gasteiger partial charge in [0.2, 0.25) is 15.9 Å². The molecule has 1 saturated heterocycles. The summed E-state index contributed by atoms with van der Waals surface area (Å²) in [6.45, 7) is 5.79. The number of piperidine rings is 1. The SMILES string of the molecule is CCCNC(=O)CC1CCN(S(=O)(=O)c2ccccc2)CC1CC. The summed E-state index contributed by atoms with van der Waals surface area (Å²) in [4.78, 5) is 12.3. The van der Waals surface area contributed by atoms with E-state index in [1.165, 1.54) is 0 Å². The van der Waals surface area contributed by atoms with E-state index in [-0.39, 0.29) is 17.7 Å². The maximum atomic E-state index is 12.8. The number of hydrogen-bond donors (Lipinski definition) is 1. The van der Waals surface area contributed by atoms with Gasteiger partial charge in [0, 0.05) is 26.1 Å². The van der Waals surface area contributed by atoms with Crippen molar-refractivity contribution in [3.8, 4) is 0 Å². The smallest absolute Gasteiger partial charge is 0.243 e. The molecule has 5 nitrogen and oxygen atoms in total. The number of rotatable bonds is 7. The van der Waals surface area contributed by atoms with Crippen molar-refractivity contribution < 1.29 is 13.2 Å². The number of hydrogen-bond acceptors (Lipinski definition) is 3. The van der Waals surface area contributed by atoms with Gasteiger partial charge in [0.15, 0.2) is 0 Å². The van der Waals surface area contributed by atoms with Crippen LogP contribution in [0.2, 0.25) is 0 Å². The second-order valence-corrected chi connectivity index (χ2v) is 8.39. The molecule has 2 atom stereocenters. The average molecular weight is 353 g/mol. The van der Waals surface area contributed by atoms with E-state index >= 15 is 0 Å². The van der Waals surface area contributed by atoms with Crippen LogP contribution in [0.5, 0.6) is 0 Å². The average Bonchev–Trinajstić information content (AvgIpc) is 2.60. The predicted octanol–water partition coefficient (Wildman–Crippen LogP) is 2.64. The molecule has 1 fully saturated rings. The van der Waals surface area contributed by atoms with Crippen molar-refractivity contribution in [2.75, 3.05) is 19.6 Å². The van der Waals surface area contributed by atoms with Gasteiger partial charge in [0.25, 0.3) is 0 Å². The Morgan fingerprint density at radius 2 is 1.92 bits per heavy atom. The Labute approximate surface area is 145 Å². The minimum atomic E-state index is -3.44. The Morgan fingerprint density at radius 1 is 1.21 bits per heavy atom. The molecule has 0 saturated carbocycles. The van der Waals surface area contributed by atoms with E-state index in [0.29, 0.717) is 31.0 Å². The quantitative estimate of drug-likeness (QED) is 0.820. The molecular formula is C18H28N2O3S. The lowest BCUT2D eigenvalue weighted by Crippen LogP contribution is -2.44. The number of amides is 1. The lowest BCUT2D eigenvalue weighted by atomic mass is 9.82. The zero-order valence-electron chi connectivity index (χ0n) is 14.6. The summed E-state index contributed by atoms with van der Waals surface area (Å²) in [7, 11) is -3.44. The van der Waals surface area contributed by atoms with Gasteiger partial charge in [-0.15, -0.1) is 0 Å². The van der Waals surface area contributed by atoms with Crippen LogP contribution in [-0.2, 0) is 14.8 Å². The molecule has 6 heteroatoms. The highest BCUT2D eigenvalue weighted by Gasteiger charge is 2.35. The normalized spacial score (nSPS) is 22.2. The molecule has 1 heterocycles. The van der Waals surface area contributed by atoms with E-state index in [9.17, 15) is 13.2 Å². The zero-order valence-corrected chi connectivity index (χ0v) is 15.4. The molecule has 0 aromatic heterocycles. The Kier molecular flexibility index (Phi) is 6.80. The second-order valence-electron chi connectivity index (χ2n) is 6.45. The highest BCUT2D eigenvalue weighted by Crippen LogP contribution is 2.31. The molecule has 1 aliphatic rings. The minimum absolute atomic E-state index is 0.0830. The molecule has 2 rings (SSSR count). The molecule has 0 aliphatic carbocycles. The van der Waals surface area contributed by atoms with Gasteiger partial charge in [-0.2, -0.15) is 4.31 Å². The first-order chi connectivity index (χ1) is 11.5. The number of sulfonamides is 1. The van der Waals surface area contributed by atoms with Crippen LogP contribution >= 0.6 is 0 Å². The second kappa shape index (κ2) is 8.62. The third-order valence-electron chi connectivity index (χ3n) is 4.78. The molecule has 2 unspecified atom stereocenters. The summed E-state index contributed by atoms with van der Waals surface area (Å²) in [6, 6.07) is 8.58. The van der Waals surface area contributed by atoms with Crippen molar-refractivity contribution in [1.82, 2.24) is 9.62 Å². The van der Waals surface area contributed by atoms with E-state index in [2.05, 4.69) is 12.2 Å².